The Bertz CT molecular complexity index is 332. The van der Waals surface area contributed by atoms with Crippen LogP contribution in [0.5, 0.6) is 0 Å². The van der Waals surface area contributed by atoms with Crippen molar-refractivity contribution in [1.29, 1.82) is 0 Å². The molecule has 1 aliphatic heterocycles. The molecule has 3 heteroatoms. The molecule has 0 saturated carbocycles. The van der Waals surface area contributed by atoms with Crippen LogP contribution in [-0.4, -0.2) is 6.21 Å². The summed E-state index contributed by atoms with van der Waals surface area (Å²) in [6, 6.07) is 0. The number of allylic oxidation sites excluding steroid dienone is 5. The van der Waals surface area contributed by atoms with Crippen molar-refractivity contribution in [2.45, 2.75) is 13.8 Å². The van der Waals surface area contributed by atoms with E-state index in [0.29, 0.717) is 0 Å². The van der Waals surface area contributed by atoms with Crippen molar-refractivity contribution in [2.75, 3.05) is 0 Å². The molecule has 1 aliphatic carbocycles. The van der Waals surface area contributed by atoms with Gasteiger partial charge in [-0.1, -0.05) is 32.1 Å². The minimum atomic E-state index is 0.118. The molecule has 3 nitrogen and oxygen atoms in total. The lowest BCUT2D eigenvalue weighted by atomic mass is 9.93. The number of hydrogen-bond donors (Lipinski definition) is 2. The van der Waals surface area contributed by atoms with E-state index in [1.807, 2.05) is 6.21 Å². The molecule has 0 fully saturated rings. The Labute approximate surface area is 77.9 Å². The molecule has 0 unspecified atom stereocenters. The number of nitrogens with one attached hydrogen (secondary N) is 2. The highest BCUT2D eigenvalue weighted by Gasteiger charge is 2.14. The third-order valence-corrected chi connectivity index (χ3v) is 2.14. The highest BCUT2D eigenvalue weighted by Crippen LogP contribution is 2.24. The molecular weight excluding hydrogens is 162 g/mol. The third kappa shape index (κ3) is 1.64. The Hall–Kier alpha value is -1.51. The molecule has 0 saturated heterocycles. The van der Waals surface area contributed by atoms with Crippen LogP contribution < -0.4 is 11.0 Å². The summed E-state index contributed by atoms with van der Waals surface area (Å²) in [4.78, 5) is 0. The molecule has 0 radical (unpaired) electrons. The largest absolute Gasteiger partial charge is 0.285 e. The zero-order chi connectivity index (χ0) is 9.31. The van der Waals surface area contributed by atoms with Gasteiger partial charge < -0.3 is 0 Å². The van der Waals surface area contributed by atoms with Crippen LogP contribution in [-0.2, 0) is 0 Å². The second-order valence-corrected chi connectivity index (χ2v) is 3.85. The summed E-state index contributed by atoms with van der Waals surface area (Å²) in [5, 5.41) is 3.92. The molecule has 2 N–H and O–H groups in total. The van der Waals surface area contributed by atoms with Crippen molar-refractivity contribution in [1.82, 2.24) is 11.0 Å². The van der Waals surface area contributed by atoms with E-state index in [-0.39, 0.29) is 5.41 Å². The number of hydrogen-bond acceptors (Lipinski definition) is 3. The fraction of sp³-hybridized carbons (Fsp3) is 0.300. The van der Waals surface area contributed by atoms with Gasteiger partial charge in [0.25, 0.3) is 0 Å². The van der Waals surface area contributed by atoms with E-state index in [2.05, 4.69) is 54.2 Å². The average molecular weight is 175 g/mol. The minimum Gasteiger partial charge on any atom is -0.285 e. The molecular formula is C10H13N3. The molecule has 0 amide bonds. The maximum absolute atomic E-state index is 3.92. The molecule has 2 rings (SSSR count). The minimum absolute atomic E-state index is 0.118. The molecule has 0 aromatic rings. The first kappa shape index (κ1) is 8.10. The molecule has 0 aromatic carbocycles. The van der Waals surface area contributed by atoms with Crippen LogP contribution in [0.4, 0.5) is 0 Å². The summed E-state index contributed by atoms with van der Waals surface area (Å²) in [6.45, 7) is 4.34. The molecule has 0 aromatic heterocycles. The fourth-order valence-electron chi connectivity index (χ4n) is 1.26. The Morgan fingerprint density at radius 2 is 2.00 bits per heavy atom. The summed E-state index contributed by atoms with van der Waals surface area (Å²) in [6.07, 6.45) is 10.3. The Morgan fingerprint density at radius 3 is 2.85 bits per heavy atom. The van der Waals surface area contributed by atoms with E-state index < -0.39 is 0 Å². The quantitative estimate of drug-likeness (QED) is 0.585. The van der Waals surface area contributed by atoms with Crippen LogP contribution in [0.25, 0.3) is 0 Å². The molecule has 2 aliphatic rings. The van der Waals surface area contributed by atoms with Gasteiger partial charge in [-0.3, -0.25) is 5.43 Å². The van der Waals surface area contributed by atoms with Crippen molar-refractivity contribution in [2.24, 2.45) is 10.5 Å². The van der Waals surface area contributed by atoms with Crippen LogP contribution >= 0.6 is 0 Å². The number of hydrazone groups is 1. The number of rotatable bonds is 0. The van der Waals surface area contributed by atoms with Gasteiger partial charge in [-0.15, -0.1) is 0 Å². The van der Waals surface area contributed by atoms with Gasteiger partial charge in [-0.25, -0.2) is 5.53 Å². The van der Waals surface area contributed by atoms with Crippen LogP contribution in [0.2, 0.25) is 0 Å². The first-order valence-electron chi connectivity index (χ1n) is 4.34. The smallest absolute Gasteiger partial charge is 0.0641 e. The van der Waals surface area contributed by atoms with Gasteiger partial charge in [-0.05, 0) is 6.08 Å². The van der Waals surface area contributed by atoms with Gasteiger partial charge >= 0.3 is 0 Å². The SMILES string of the molecule is CC1(C)C=CC2=C(C=C1)NNN=C2. The van der Waals surface area contributed by atoms with Crippen molar-refractivity contribution in [3.63, 3.8) is 0 Å². The summed E-state index contributed by atoms with van der Waals surface area (Å²) in [5.74, 6) is 0. The van der Waals surface area contributed by atoms with Crippen LogP contribution in [0, 0.1) is 5.41 Å². The predicted molar refractivity (Wildman–Crippen MR) is 53.9 cm³/mol. The Morgan fingerprint density at radius 1 is 1.23 bits per heavy atom. The number of nitrogens with zero attached hydrogens (tertiary/aromatic N) is 1. The summed E-state index contributed by atoms with van der Waals surface area (Å²) >= 11 is 0. The summed E-state index contributed by atoms with van der Waals surface area (Å²) in [5.41, 5.74) is 8.00. The van der Waals surface area contributed by atoms with Crippen molar-refractivity contribution < 1.29 is 0 Å². The van der Waals surface area contributed by atoms with Gasteiger partial charge in [0.2, 0.25) is 0 Å². The Balaban J connectivity index is 2.38. The zero-order valence-electron chi connectivity index (χ0n) is 7.83. The lowest BCUT2D eigenvalue weighted by Crippen LogP contribution is -2.29. The number of hydrazine groups is 1. The van der Waals surface area contributed by atoms with Gasteiger partial charge in [0.15, 0.2) is 0 Å². The normalized spacial score (nSPS) is 23.2. The van der Waals surface area contributed by atoms with E-state index in [1.165, 1.54) is 0 Å². The van der Waals surface area contributed by atoms with Crippen molar-refractivity contribution in [3.05, 3.63) is 35.6 Å². The van der Waals surface area contributed by atoms with Crippen molar-refractivity contribution >= 4 is 6.21 Å². The van der Waals surface area contributed by atoms with Crippen LogP contribution in [0.15, 0.2) is 40.7 Å². The molecule has 68 valence electrons. The summed E-state index contributed by atoms with van der Waals surface area (Å²) < 4.78 is 0. The maximum Gasteiger partial charge on any atom is 0.0641 e. The maximum atomic E-state index is 3.92. The lowest BCUT2D eigenvalue weighted by Gasteiger charge is -2.12. The fourth-order valence-corrected chi connectivity index (χ4v) is 1.26. The van der Waals surface area contributed by atoms with Crippen LogP contribution in [0.3, 0.4) is 0 Å². The first-order valence-corrected chi connectivity index (χ1v) is 4.34. The Kier molecular flexibility index (Phi) is 1.72. The summed E-state index contributed by atoms with van der Waals surface area (Å²) in [7, 11) is 0. The van der Waals surface area contributed by atoms with E-state index in [9.17, 15) is 0 Å². The van der Waals surface area contributed by atoms with E-state index >= 15 is 0 Å². The monoisotopic (exact) mass is 175 g/mol. The van der Waals surface area contributed by atoms with Gasteiger partial charge in [0.1, 0.15) is 0 Å². The third-order valence-electron chi connectivity index (χ3n) is 2.14. The van der Waals surface area contributed by atoms with Gasteiger partial charge in [-0.2, -0.15) is 5.10 Å². The first-order chi connectivity index (χ1) is 6.17. The molecule has 1 heterocycles. The average Bonchev–Trinajstić information content (AvgIpc) is 2.27. The molecule has 0 atom stereocenters. The predicted octanol–water partition coefficient (Wildman–Crippen LogP) is 1.49. The molecule has 0 bridgehead atoms. The van der Waals surface area contributed by atoms with E-state index in [0.717, 1.165) is 11.3 Å². The highest BCUT2D eigenvalue weighted by atomic mass is 15.6. The van der Waals surface area contributed by atoms with Gasteiger partial charge in [0.05, 0.1) is 11.9 Å². The lowest BCUT2D eigenvalue weighted by molar-refractivity contribution is 0.621. The molecule has 13 heavy (non-hydrogen) atoms. The van der Waals surface area contributed by atoms with Crippen molar-refractivity contribution in [3.8, 4) is 0 Å². The van der Waals surface area contributed by atoms with E-state index in [4.69, 9.17) is 0 Å². The molecule has 0 spiro atoms. The standard InChI is InChI=1S/C10H13N3/c1-10(2)5-3-8-7-11-13-12-9(8)4-6-10/h3-7,12-13H,1-2H3. The zero-order valence-corrected chi connectivity index (χ0v) is 7.83. The topological polar surface area (TPSA) is 36.4 Å². The van der Waals surface area contributed by atoms with E-state index in [1.54, 1.807) is 0 Å². The second kappa shape index (κ2) is 2.76. The second-order valence-electron chi connectivity index (χ2n) is 3.85. The van der Waals surface area contributed by atoms with Crippen LogP contribution in [0.1, 0.15) is 13.8 Å². The highest BCUT2D eigenvalue weighted by molar-refractivity contribution is 5.84. The van der Waals surface area contributed by atoms with Gasteiger partial charge in [0, 0.05) is 11.0 Å².